The minimum atomic E-state index is -3.25. The molecule has 0 bridgehead atoms. The monoisotopic (exact) mass is 307 g/mol. The van der Waals surface area contributed by atoms with E-state index >= 15 is 0 Å². The standard InChI is InChI=1S/C15H33NO3S/c1-10-13(19-12(2)14(3,4)5)11-16(15(6,7)8)20(9,17)18/h12-13H,10-11H2,1-9H3. The van der Waals surface area contributed by atoms with Crippen molar-refractivity contribution in [2.45, 2.75) is 79.6 Å². The number of rotatable bonds is 6. The Bertz CT molecular complexity index is 390. The van der Waals surface area contributed by atoms with Gasteiger partial charge in [0.25, 0.3) is 0 Å². The van der Waals surface area contributed by atoms with E-state index in [1.807, 2.05) is 34.6 Å². The van der Waals surface area contributed by atoms with E-state index in [2.05, 4.69) is 20.8 Å². The van der Waals surface area contributed by atoms with Crippen molar-refractivity contribution in [1.29, 1.82) is 0 Å². The molecular formula is C15H33NO3S. The van der Waals surface area contributed by atoms with Crippen molar-refractivity contribution in [2.24, 2.45) is 5.41 Å². The van der Waals surface area contributed by atoms with E-state index < -0.39 is 15.6 Å². The van der Waals surface area contributed by atoms with E-state index in [1.165, 1.54) is 10.6 Å². The maximum Gasteiger partial charge on any atom is 0.211 e. The highest BCUT2D eigenvalue weighted by Crippen LogP contribution is 2.25. The van der Waals surface area contributed by atoms with Gasteiger partial charge in [-0.05, 0) is 39.5 Å². The molecule has 0 aliphatic rings. The second-order valence-electron chi connectivity index (χ2n) is 7.64. The van der Waals surface area contributed by atoms with Gasteiger partial charge in [0.1, 0.15) is 0 Å². The zero-order valence-corrected chi connectivity index (χ0v) is 15.5. The van der Waals surface area contributed by atoms with Gasteiger partial charge < -0.3 is 4.74 Å². The number of nitrogens with zero attached hydrogens (tertiary/aromatic N) is 1. The lowest BCUT2D eigenvalue weighted by Crippen LogP contribution is -2.49. The topological polar surface area (TPSA) is 46.6 Å². The van der Waals surface area contributed by atoms with Crippen molar-refractivity contribution in [3.63, 3.8) is 0 Å². The van der Waals surface area contributed by atoms with Crippen molar-refractivity contribution >= 4 is 10.0 Å². The third-order valence-corrected chi connectivity index (χ3v) is 5.09. The Balaban J connectivity index is 5.02. The summed E-state index contributed by atoms with van der Waals surface area (Å²) in [6, 6.07) is 0. The molecule has 2 unspecified atom stereocenters. The van der Waals surface area contributed by atoms with Gasteiger partial charge in [-0.25, -0.2) is 8.42 Å². The van der Waals surface area contributed by atoms with Crippen LogP contribution in [0.3, 0.4) is 0 Å². The smallest absolute Gasteiger partial charge is 0.211 e. The van der Waals surface area contributed by atoms with Crippen LogP contribution < -0.4 is 0 Å². The summed E-state index contributed by atoms with van der Waals surface area (Å²) in [5, 5.41) is 0. The quantitative estimate of drug-likeness (QED) is 0.756. The summed E-state index contributed by atoms with van der Waals surface area (Å²) in [6.07, 6.45) is 2.05. The molecule has 0 N–H and O–H groups in total. The first kappa shape index (κ1) is 19.9. The van der Waals surface area contributed by atoms with Crippen molar-refractivity contribution in [1.82, 2.24) is 4.31 Å². The molecular weight excluding hydrogens is 274 g/mol. The first-order valence-electron chi connectivity index (χ1n) is 7.33. The highest BCUT2D eigenvalue weighted by Gasteiger charge is 2.33. The second-order valence-corrected chi connectivity index (χ2v) is 9.55. The summed E-state index contributed by atoms with van der Waals surface area (Å²) in [5.74, 6) is 0. The molecule has 0 spiro atoms. The van der Waals surface area contributed by atoms with Gasteiger partial charge in [0.05, 0.1) is 18.5 Å². The third kappa shape index (κ3) is 6.55. The van der Waals surface area contributed by atoms with Crippen LogP contribution in [-0.2, 0) is 14.8 Å². The summed E-state index contributed by atoms with van der Waals surface area (Å²) in [4.78, 5) is 0. The van der Waals surface area contributed by atoms with Crippen molar-refractivity contribution < 1.29 is 13.2 Å². The fourth-order valence-electron chi connectivity index (χ4n) is 1.85. The lowest BCUT2D eigenvalue weighted by atomic mass is 9.90. The summed E-state index contributed by atoms with van der Waals surface area (Å²) >= 11 is 0. The number of sulfonamides is 1. The average molecular weight is 308 g/mol. The molecule has 0 aliphatic carbocycles. The molecule has 0 aliphatic heterocycles. The Morgan fingerprint density at radius 2 is 1.55 bits per heavy atom. The lowest BCUT2D eigenvalue weighted by Gasteiger charge is -2.38. The number of hydrogen-bond donors (Lipinski definition) is 0. The van der Waals surface area contributed by atoms with E-state index in [-0.39, 0.29) is 17.6 Å². The van der Waals surface area contributed by atoms with Crippen LogP contribution in [0.5, 0.6) is 0 Å². The molecule has 0 aromatic rings. The molecule has 0 saturated heterocycles. The molecule has 0 saturated carbocycles. The fourth-order valence-corrected chi connectivity index (χ4v) is 3.28. The highest BCUT2D eigenvalue weighted by atomic mass is 32.2. The Hall–Kier alpha value is -0.130. The molecule has 0 heterocycles. The van der Waals surface area contributed by atoms with Gasteiger partial charge in [0.2, 0.25) is 10.0 Å². The SMILES string of the molecule is CCC(CN(C(C)(C)C)S(C)(=O)=O)OC(C)C(C)(C)C. The van der Waals surface area contributed by atoms with Gasteiger partial charge in [0.15, 0.2) is 0 Å². The Labute approximate surface area is 125 Å². The van der Waals surface area contributed by atoms with Crippen LogP contribution in [0.15, 0.2) is 0 Å². The van der Waals surface area contributed by atoms with Gasteiger partial charge in [-0.3, -0.25) is 0 Å². The normalized spacial score (nSPS) is 17.3. The molecule has 4 nitrogen and oxygen atoms in total. The van der Waals surface area contributed by atoms with E-state index in [1.54, 1.807) is 0 Å². The molecule has 0 aromatic carbocycles. The maximum absolute atomic E-state index is 12.0. The van der Waals surface area contributed by atoms with Crippen molar-refractivity contribution in [3.05, 3.63) is 0 Å². The largest absolute Gasteiger partial charge is 0.373 e. The van der Waals surface area contributed by atoms with Crippen LogP contribution >= 0.6 is 0 Å². The first-order valence-corrected chi connectivity index (χ1v) is 9.17. The van der Waals surface area contributed by atoms with Crippen LogP contribution in [0.2, 0.25) is 0 Å². The summed E-state index contributed by atoms with van der Waals surface area (Å²) in [7, 11) is -3.25. The van der Waals surface area contributed by atoms with E-state index in [0.29, 0.717) is 6.54 Å². The predicted molar refractivity (Wildman–Crippen MR) is 85.4 cm³/mol. The molecule has 2 atom stereocenters. The van der Waals surface area contributed by atoms with Crippen LogP contribution in [0.1, 0.15) is 61.8 Å². The molecule has 5 heteroatoms. The van der Waals surface area contributed by atoms with Gasteiger partial charge in [0, 0.05) is 12.1 Å². The summed E-state index contributed by atoms with van der Waals surface area (Å²) < 4.78 is 31.6. The Morgan fingerprint density at radius 1 is 1.10 bits per heavy atom. The first-order chi connectivity index (χ1) is 8.69. The molecule has 0 amide bonds. The summed E-state index contributed by atoms with van der Waals surface area (Å²) in [5.41, 5.74) is -0.388. The second kappa shape index (κ2) is 6.75. The molecule has 0 fully saturated rings. The molecule has 122 valence electrons. The van der Waals surface area contributed by atoms with E-state index in [0.717, 1.165) is 6.42 Å². The maximum atomic E-state index is 12.0. The van der Waals surface area contributed by atoms with Crippen molar-refractivity contribution in [2.75, 3.05) is 12.8 Å². The average Bonchev–Trinajstić information content (AvgIpc) is 2.18. The molecule has 0 radical (unpaired) electrons. The van der Waals surface area contributed by atoms with Gasteiger partial charge in [-0.2, -0.15) is 4.31 Å². The fraction of sp³-hybridized carbons (Fsp3) is 1.00. The minimum absolute atomic E-state index is 0.0467. The van der Waals surface area contributed by atoms with E-state index in [4.69, 9.17) is 4.74 Å². The van der Waals surface area contributed by atoms with Gasteiger partial charge >= 0.3 is 0 Å². The molecule has 0 rings (SSSR count). The predicted octanol–water partition coefficient (Wildman–Crippen LogP) is 3.28. The highest BCUT2D eigenvalue weighted by molar-refractivity contribution is 7.88. The number of ether oxygens (including phenoxy) is 1. The van der Waals surface area contributed by atoms with Crippen molar-refractivity contribution in [3.8, 4) is 0 Å². The van der Waals surface area contributed by atoms with E-state index in [9.17, 15) is 8.42 Å². The Kier molecular flexibility index (Phi) is 6.71. The van der Waals surface area contributed by atoms with Gasteiger partial charge in [-0.1, -0.05) is 27.7 Å². The van der Waals surface area contributed by atoms with Gasteiger partial charge in [-0.15, -0.1) is 0 Å². The zero-order chi connectivity index (χ0) is 16.4. The van der Waals surface area contributed by atoms with Crippen LogP contribution in [0.25, 0.3) is 0 Å². The minimum Gasteiger partial charge on any atom is -0.373 e. The third-order valence-electron chi connectivity index (χ3n) is 3.59. The number of hydrogen-bond acceptors (Lipinski definition) is 3. The summed E-state index contributed by atoms with van der Waals surface area (Å²) in [6.45, 7) is 16.6. The Morgan fingerprint density at radius 3 is 1.80 bits per heavy atom. The molecule has 0 aromatic heterocycles. The zero-order valence-electron chi connectivity index (χ0n) is 14.6. The lowest BCUT2D eigenvalue weighted by molar-refractivity contribution is -0.0660. The van der Waals surface area contributed by atoms with Crippen LogP contribution in [-0.4, -0.2) is 43.3 Å². The van der Waals surface area contributed by atoms with Crippen LogP contribution in [0, 0.1) is 5.41 Å². The van der Waals surface area contributed by atoms with Crippen LogP contribution in [0.4, 0.5) is 0 Å². The molecule has 20 heavy (non-hydrogen) atoms.